The molecular formula is C23H23BrN4O5. The minimum atomic E-state index is -0.527. The number of nitrogens with zero attached hydrogens (tertiary/aromatic N) is 3. The molecule has 1 N–H and O–H groups in total. The lowest BCUT2D eigenvalue weighted by molar-refractivity contribution is -0.121. The van der Waals surface area contributed by atoms with Crippen LogP contribution in [0.4, 0.5) is 0 Å². The van der Waals surface area contributed by atoms with Crippen molar-refractivity contribution in [1.82, 2.24) is 15.2 Å². The second-order valence-electron chi connectivity index (χ2n) is 6.96. The Bertz CT molecular complexity index is 1190. The van der Waals surface area contributed by atoms with E-state index in [1.807, 2.05) is 13.8 Å². The maximum Gasteiger partial charge on any atom is 0.343 e. The third-order valence-corrected chi connectivity index (χ3v) is 5.85. The number of carbonyl (C=O) groups is 2. The fraction of sp³-hybridized carbons (Fsp3) is 0.217. The zero-order valence-corrected chi connectivity index (χ0v) is 20.2. The molecule has 172 valence electrons. The van der Waals surface area contributed by atoms with Crippen LogP contribution in [0.5, 0.6) is 17.2 Å². The summed E-state index contributed by atoms with van der Waals surface area (Å²) < 4.78 is 18.3. The van der Waals surface area contributed by atoms with Crippen LogP contribution < -0.4 is 19.6 Å². The molecule has 33 heavy (non-hydrogen) atoms. The Hall–Kier alpha value is -3.66. The highest BCUT2D eigenvalue weighted by Crippen LogP contribution is 2.28. The van der Waals surface area contributed by atoms with Crippen molar-refractivity contribution in [2.24, 2.45) is 5.10 Å². The molecule has 9 nitrogen and oxygen atoms in total. The first-order chi connectivity index (χ1) is 15.8. The number of carbonyl (C=O) groups excluding carboxylic acids is 2. The molecule has 1 heterocycles. The Balaban J connectivity index is 1.62. The molecule has 0 saturated heterocycles. The summed E-state index contributed by atoms with van der Waals surface area (Å²) in [6.45, 7) is 3.77. The van der Waals surface area contributed by atoms with Crippen LogP contribution >= 0.6 is 15.9 Å². The van der Waals surface area contributed by atoms with Gasteiger partial charge in [0.25, 0.3) is 5.91 Å². The highest BCUT2D eigenvalue weighted by atomic mass is 79.9. The third-order valence-electron chi connectivity index (χ3n) is 4.71. The SMILES string of the molecule is COc1ccc(C(=O)Oc2ccc(C=NNC(=O)Cn3nc(C)c(Br)c3C)cc2OC)cc1. The van der Waals surface area contributed by atoms with Crippen LogP contribution in [-0.2, 0) is 11.3 Å². The Morgan fingerprint density at radius 2 is 1.82 bits per heavy atom. The van der Waals surface area contributed by atoms with Crippen LogP contribution in [0.1, 0.15) is 27.3 Å². The minimum Gasteiger partial charge on any atom is -0.497 e. The van der Waals surface area contributed by atoms with Gasteiger partial charge >= 0.3 is 5.97 Å². The summed E-state index contributed by atoms with van der Waals surface area (Å²) in [4.78, 5) is 24.6. The van der Waals surface area contributed by atoms with Gasteiger partial charge < -0.3 is 14.2 Å². The summed E-state index contributed by atoms with van der Waals surface area (Å²) in [5, 5.41) is 8.27. The highest BCUT2D eigenvalue weighted by Gasteiger charge is 2.14. The number of aromatic nitrogens is 2. The normalized spacial score (nSPS) is 10.8. The number of rotatable bonds is 8. The van der Waals surface area contributed by atoms with Crippen LogP contribution in [0.3, 0.4) is 0 Å². The van der Waals surface area contributed by atoms with Crippen molar-refractivity contribution in [3.63, 3.8) is 0 Å². The van der Waals surface area contributed by atoms with E-state index in [-0.39, 0.29) is 18.2 Å². The number of hydrogen-bond acceptors (Lipinski definition) is 7. The van der Waals surface area contributed by atoms with Gasteiger partial charge in [0.2, 0.25) is 0 Å². The van der Waals surface area contributed by atoms with E-state index in [0.717, 1.165) is 15.9 Å². The van der Waals surface area contributed by atoms with E-state index in [0.29, 0.717) is 22.6 Å². The van der Waals surface area contributed by atoms with Crippen molar-refractivity contribution < 1.29 is 23.8 Å². The van der Waals surface area contributed by atoms with Gasteiger partial charge in [-0.1, -0.05) is 0 Å². The molecule has 0 radical (unpaired) electrons. The van der Waals surface area contributed by atoms with Gasteiger partial charge in [0.1, 0.15) is 12.3 Å². The Kier molecular flexibility index (Phi) is 7.83. The molecule has 0 aliphatic rings. The molecule has 10 heteroatoms. The Labute approximate surface area is 199 Å². The molecule has 3 aromatic rings. The van der Waals surface area contributed by atoms with Gasteiger partial charge in [-0.05, 0) is 77.8 Å². The number of hydrazone groups is 1. The standard InChI is InChI=1S/C23H23BrN4O5/c1-14-22(24)15(2)28(27-14)13-21(29)26-25-12-16-5-10-19(20(11-16)32-4)33-23(30)17-6-8-18(31-3)9-7-17/h5-12H,13H2,1-4H3,(H,26,29). The van der Waals surface area contributed by atoms with Crippen LogP contribution in [0, 0.1) is 13.8 Å². The Morgan fingerprint density at radius 3 is 2.42 bits per heavy atom. The topological polar surface area (TPSA) is 104 Å². The number of halogens is 1. The number of methoxy groups -OCH3 is 2. The van der Waals surface area contributed by atoms with Crippen LogP contribution in [0.15, 0.2) is 52.0 Å². The van der Waals surface area contributed by atoms with E-state index < -0.39 is 5.97 Å². The average molecular weight is 515 g/mol. The summed E-state index contributed by atoms with van der Waals surface area (Å²) in [6, 6.07) is 11.5. The summed E-state index contributed by atoms with van der Waals surface area (Å²) >= 11 is 3.43. The van der Waals surface area contributed by atoms with E-state index >= 15 is 0 Å². The zero-order valence-electron chi connectivity index (χ0n) is 18.6. The monoisotopic (exact) mass is 514 g/mol. The van der Waals surface area contributed by atoms with Crippen LogP contribution in [-0.4, -0.2) is 42.1 Å². The van der Waals surface area contributed by atoms with Crippen molar-refractivity contribution in [2.45, 2.75) is 20.4 Å². The molecule has 0 bridgehead atoms. The predicted octanol–water partition coefficient (Wildman–Crippen LogP) is 3.65. The van der Waals surface area contributed by atoms with E-state index in [1.54, 1.807) is 54.3 Å². The molecule has 0 aliphatic heterocycles. The fourth-order valence-electron chi connectivity index (χ4n) is 2.91. The van der Waals surface area contributed by atoms with E-state index in [4.69, 9.17) is 14.2 Å². The molecule has 1 amide bonds. The smallest absolute Gasteiger partial charge is 0.343 e. The number of amides is 1. The van der Waals surface area contributed by atoms with Gasteiger partial charge in [0, 0.05) is 0 Å². The number of aryl methyl sites for hydroxylation is 1. The van der Waals surface area contributed by atoms with E-state index in [1.165, 1.54) is 13.3 Å². The molecule has 0 fully saturated rings. The molecule has 2 aromatic carbocycles. The molecule has 0 unspecified atom stereocenters. The van der Waals surface area contributed by atoms with Crippen molar-refractivity contribution in [3.05, 3.63) is 69.5 Å². The number of hydrogen-bond donors (Lipinski definition) is 1. The summed E-state index contributed by atoms with van der Waals surface area (Å²) in [6.07, 6.45) is 1.46. The molecule has 0 aliphatic carbocycles. The highest BCUT2D eigenvalue weighted by molar-refractivity contribution is 9.10. The maximum atomic E-state index is 12.4. The average Bonchev–Trinajstić information content (AvgIpc) is 3.06. The number of benzene rings is 2. The summed E-state index contributed by atoms with van der Waals surface area (Å²) in [7, 11) is 3.02. The first-order valence-electron chi connectivity index (χ1n) is 9.88. The summed E-state index contributed by atoms with van der Waals surface area (Å²) in [5.41, 5.74) is 5.15. The van der Waals surface area contributed by atoms with E-state index in [9.17, 15) is 9.59 Å². The van der Waals surface area contributed by atoms with Gasteiger partial charge in [-0.2, -0.15) is 10.2 Å². The van der Waals surface area contributed by atoms with Gasteiger partial charge in [-0.25, -0.2) is 10.2 Å². The van der Waals surface area contributed by atoms with Crippen molar-refractivity contribution in [1.29, 1.82) is 0 Å². The number of ether oxygens (including phenoxy) is 3. The van der Waals surface area contributed by atoms with Crippen molar-refractivity contribution >= 4 is 34.0 Å². The molecular weight excluding hydrogens is 492 g/mol. The summed E-state index contributed by atoms with van der Waals surface area (Å²) in [5.74, 6) is 0.401. The fourth-order valence-corrected chi connectivity index (χ4v) is 3.20. The van der Waals surface area contributed by atoms with Crippen LogP contribution in [0.25, 0.3) is 0 Å². The first kappa shape index (κ1) is 24.0. The molecule has 1 aromatic heterocycles. The molecule has 3 rings (SSSR count). The quantitative estimate of drug-likeness (QED) is 0.213. The molecule has 0 spiro atoms. The lowest BCUT2D eigenvalue weighted by Crippen LogP contribution is -2.24. The third kappa shape index (κ3) is 5.98. The Morgan fingerprint density at radius 1 is 1.09 bits per heavy atom. The molecule has 0 atom stereocenters. The molecule has 0 saturated carbocycles. The van der Waals surface area contributed by atoms with Gasteiger partial charge in [-0.3, -0.25) is 9.48 Å². The van der Waals surface area contributed by atoms with Crippen molar-refractivity contribution in [2.75, 3.05) is 14.2 Å². The second kappa shape index (κ2) is 10.8. The van der Waals surface area contributed by atoms with Gasteiger partial charge in [-0.15, -0.1) is 0 Å². The first-order valence-corrected chi connectivity index (χ1v) is 10.7. The number of esters is 1. The maximum absolute atomic E-state index is 12.4. The van der Waals surface area contributed by atoms with Crippen molar-refractivity contribution in [3.8, 4) is 17.2 Å². The zero-order chi connectivity index (χ0) is 24.0. The minimum absolute atomic E-state index is 0.0409. The second-order valence-corrected chi connectivity index (χ2v) is 7.76. The lowest BCUT2D eigenvalue weighted by Gasteiger charge is -2.10. The van der Waals surface area contributed by atoms with E-state index in [2.05, 4.69) is 31.6 Å². The largest absolute Gasteiger partial charge is 0.497 e. The lowest BCUT2D eigenvalue weighted by atomic mass is 10.2. The number of nitrogens with one attached hydrogen (secondary N) is 1. The van der Waals surface area contributed by atoms with Gasteiger partial charge in [0.05, 0.1) is 41.9 Å². The van der Waals surface area contributed by atoms with Gasteiger partial charge in [0.15, 0.2) is 11.5 Å². The predicted molar refractivity (Wildman–Crippen MR) is 126 cm³/mol. The van der Waals surface area contributed by atoms with Crippen LogP contribution in [0.2, 0.25) is 0 Å².